The molecule has 0 fully saturated rings. The second-order valence-corrected chi connectivity index (χ2v) is 14.0. The smallest absolute Gasteiger partial charge is 0.412 e. The molecule has 0 aliphatic carbocycles. The maximum atomic E-state index is 12.7. The van der Waals surface area contributed by atoms with Crippen LogP contribution in [0.25, 0.3) is 0 Å². The molecule has 1 heterocycles. The number of rotatable bonds is 20. The Morgan fingerprint density at radius 2 is 1.47 bits per heavy atom. The summed E-state index contributed by atoms with van der Waals surface area (Å²) in [6.07, 6.45) is 13.0. The number of aliphatic hydroxyl groups is 2. The van der Waals surface area contributed by atoms with Crippen molar-refractivity contribution in [3.63, 3.8) is 0 Å². The molecular weight excluding hydrogens is 540 g/mol. The van der Waals surface area contributed by atoms with E-state index in [4.69, 9.17) is 9.47 Å². The Balaban J connectivity index is 1.86. The Hall–Kier alpha value is -1.83. The molecule has 43 heavy (non-hydrogen) atoms. The third-order valence-corrected chi connectivity index (χ3v) is 9.56. The van der Waals surface area contributed by atoms with E-state index < -0.39 is 6.09 Å². The zero-order valence-corrected chi connectivity index (χ0v) is 28.8. The molecule has 0 aromatic heterocycles. The van der Waals surface area contributed by atoms with Gasteiger partial charge in [0, 0.05) is 31.7 Å². The van der Waals surface area contributed by atoms with Crippen molar-refractivity contribution in [2.45, 2.75) is 132 Å². The second-order valence-electron chi connectivity index (χ2n) is 14.0. The third-order valence-electron chi connectivity index (χ3n) is 9.56. The average Bonchev–Trinajstić information content (AvgIpc) is 2.94. The van der Waals surface area contributed by atoms with Gasteiger partial charge in [-0.05, 0) is 87.8 Å². The van der Waals surface area contributed by atoms with E-state index in [9.17, 15) is 15.0 Å². The number of nitrogens with zero attached hydrogens (tertiary/aromatic N) is 1. The Bertz CT molecular complexity index is 975. The predicted octanol–water partition coefficient (Wildman–Crippen LogP) is 7.51. The maximum absolute atomic E-state index is 12.7. The Labute approximate surface area is 263 Å². The predicted molar refractivity (Wildman–Crippen MR) is 177 cm³/mol. The molecule has 0 unspecified atom stereocenters. The number of aliphatic hydroxyl groups excluding tert-OH is 2. The normalized spacial score (nSPS) is 18.0. The lowest BCUT2D eigenvalue weighted by Gasteiger charge is -2.38. The first-order chi connectivity index (χ1) is 20.4. The second kappa shape index (κ2) is 18.9. The molecule has 7 heteroatoms. The van der Waals surface area contributed by atoms with E-state index in [0.29, 0.717) is 31.9 Å². The summed E-state index contributed by atoms with van der Waals surface area (Å²) in [6, 6.07) is 0. The monoisotopic (exact) mass is 604 g/mol. The Morgan fingerprint density at radius 1 is 0.884 bits per heavy atom. The first-order valence-electron chi connectivity index (χ1n) is 17.1. The summed E-state index contributed by atoms with van der Waals surface area (Å²) in [6.45, 7) is 19.7. The van der Waals surface area contributed by atoms with Crippen LogP contribution < -0.4 is 14.8 Å². The van der Waals surface area contributed by atoms with Crippen molar-refractivity contribution in [1.82, 2.24) is 10.2 Å². The fraction of sp³-hybridized carbons (Fsp3) is 0.806. The minimum atomic E-state index is -0.491. The van der Waals surface area contributed by atoms with Crippen molar-refractivity contribution in [1.29, 1.82) is 0 Å². The number of ether oxygens (including phenoxy) is 2. The van der Waals surface area contributed by atoms with E-state index in [0.717, 1.165) is 65.0 Å². The summed E-state index contributed by atoms with van der Waals surface area (Å²) >= 11 is 0. The van der Waals surface area contributed by atoms with Gasteiger partial charge in [-0.1, -0.05) is 72.6 Å². The van der Waals surface area contributed by atoms with Gasteiger partial charge in [0.05, 0.1) is 13.2 Å². The number of carbonyl (C=O) groups excluding carboxylic acids is 1. The van der Waals surface area contributed by atoms with Gasteiger partial charge >= 0.3 is 6.09 Å². The molecule has 1 aromatic carbocycles. The molecule has 2 rings (SSSR count). The van der Waals surface area contributed by atoms with Gasteiger partial charge in [-0.25, -0.2) is 4.79 Å². The molecule has 7 nitrogen and oxygen atoms in total. The molecule has 1 amide bonds. The number of fused-ring (bicyclic) bond motifs is 1. The van der Waals surface area contributed by atoms with Gasteiger partial charge in [-0.15, -0.1) is 0 Å². The standard InChI is InChI=1S/C36H64N2O5/c1-26(2)12-9-13-27(3)14-10-15-28(4)16-11-18-36(8)19-17-32-31(7)33(29(5)30(6)34(32)43-36)42-35(41)37-20-21-38(22-24-39)23-25-40/h26-28,39-40H,9-25H2,1-8H3,(H,37,41)/t27-,28-,36-/m1/s1. The first kappa shape index (κ1) is 37.4. The number of hydrogen-bond donors (Lipinski definition) is 3. The zero-order chi connectivity index (χ0) is 32.0. The van der Waals surface area contributed by atoms with E-state index >= 15 is 0 Å². The van der Waals surface area contributed by atoms with Crippen LogP contribution in [0.1, 0.15) is 121 Å². The number of amides is 1. The lowest BCUT2D eigenvalue weighted by Crippen LogP contribution is -2.39. The van der Waals surface area contributed by atoms with Crippen molar-refractivity contribution in [2.75, 3.05) is 39.4 Å². The third kappa shape index (κ3) is 12.6. The lowest BCUT2D eigenvalue weighted by atomic mass is 9.83. The van der Waals surface area contributed by atoms with Crippen molar-refractivity contribution in [2.24, 2.45) is 17.8 Å². The molecule has 248 valence electrons. The van der Waals surface area contributed by atoms with Crippen LogP contribution in [0.15, 0.2) is 0 Å². The molecule has 0 saturated carbocycles. The van der Waals surface area contributed by atoms with Gasteiger partial charge in [0.25, 0.3) is 0 Å². The first-order valence-corrected chi connectivity index (χ1v) is 17.1. The van der Waals surface area contributed by atoms with Crippen LogP contribution in [0.5, 0.6) is 11.5 Å². The molecule has 3 N–H and O–H groups in total. The fourth-order valence-corrected chi connectivity index (χ4v) is 6.48. The summed E-state index contributed by atoms with van der Waals surface area (Å²) in [7, 11) is 0. The molecule has 0 radical (unpaired) electrons. The van der Waals surface area contributed by atoms with Crippen LogP contribution in [0.2, 0.25) is 0 Å². The van der Waals surface area contributed by atoms with Gasteiger partial charge in [0.2, 0.25) is 0 Å². The van der Waals surface area contributed by atoms with Crippen molar-refractivity contribution in [3.05, 3.63) is 22.3 Å². The summed E-state index contributed by atoms with van der Waals surface area (Å²) in [5.74, 6) is 4.02. The van der Waals surface area contributed by atoms with Gasteiger partial charge in [0.15, 0.2) is 0 Å². The molecule has 1 aromatic rings. The highest BCUT2D eigenvalue weighted by Crippen LogP contribution is 2.45. The van der Waals surface area contributed by atoms with Crippen LogP contribution in [0.3, 0.4) is 0 Å². The van der Waals surface area contributed by atoms with Gasteiger partial charge in [-0.2, -0.15) is 0 Å². The fourth-order valence-electron chi connectivity index (χ4n) is 6.48. The maximum Gasteiger partial charge on any atom is 0.412 e. The number of hydrogen-bond acceptors (Lipinski definition) is 6. The highest BCUT2D eigenvalue weighted by atomic mass is 16.6. The molecule has 3 atom stereocenters. The Kier molecular flexibility index (Phi) is 16.4. The Morgan fingerprint density at radius 3 is 2.05 bits per heavy atom. The molecule has 0 bridgehead atoms. The summed E-state index contributed by atoms with van der Waals surface area (Å²) in [4.78, 5) is 14.5. The molecular formula is C36H64N2O5. The lowest BCUT2D eigenvalue weighted by molar-refractivity contribution is 0.0511. The van der Waals surface area contributed by atoms with E-state index in [1.54, 1.807) is 0 Å². The van der Waals surface area contributed by atoms with E-state index in [-0.39, 0.29) is 18.8 Å². The van der Waals surface area contributed by atoms with Gasteiger partial charge in [-0.3, -0.25) is 4.90 Å². The van der Waals surface area contributed by atoms with Crippen LogP contribution in [0.4, 0.5) is 4.79 Å². The highest BCUT2D eigenvalue weighted by Gasteiger charge is 2.34. The quantitative estimate of drug-likeness (QED) is 0.143. The number of carbonyl (C=O) groups is 1. The minimum absolute atomic E-state index is 0.00966. The van der Waals surface area contributed by atoms with Crippen LogP contribution >= 0.6 is 0 Å². The number of benzene rings is 1. The number of nitrogens with one attached hydrogen (secondary N) is 1. The molecule has 0 spiro atoms. The van der Waals surface area contributed by atoms with Crippen molar-refractivity contribution < 1.29 is 24.5 Å². The van der Waals surface area contributed by atoms with Crippen LogP contribution in [-0.2, 0) is 6.42 Å². The van der Waals surface area contributed by atoms with Gasteiger partial charge < -0.3 is 25.0 Å². The summed E-state index contributed by atoms with van der Waals surface area (Å²) < 4.78 is 12.6. The topological polar surface area (TPSA) is 91.3 Å². The zero-order valence-electron chi connectivity index (χ0n) is 28.8. The summed E-state index contributed by atoms with van der Waals surface area (Å²) in [5, 5.41) is 21.2. The van der Waals surface area contributed by atoms with Gasteiger partial charge in [0.1, 0.15) is 17.1 Å². The van der Waals surface area contributed by atoms with Crippen molar-refractivity contribution >= 4 is 6.09 Å². The summed E-state index contributed by atoms with van der Waals surface area (Å²) in [5.41, 5.74) is 3.93. The van der Waals surface area contributed by atoms with E-state index in [1.165, 1.54) is 51.4 Å². The highest BCUT2D eigenvalue weighted by molar-refractivity contribution is 5.73. The molecule has 1 aliphatic rings. The van der Waals surface area contributed by atoms with E-state index in [2.05, 4.69) is 46.9 Å². The average molecular weight is 605 g/mol. The molecule has 1 aliphatic heterocycles. The largest absolute Gasteiger partial charge is 0.487 e. The van der Waals surface area contributed by atoms with Crippen LogP contribution in [0, 0.1) is 38.5 Å². The molecule has 0 saturated heterocycles. The van der Waals surface area contributed by atoms with Crippen LogP contribution in [-0.4, -0.2) is 66.2 Å². The van der Waals surface area contributed by atoms with Crippen molar-refractivity contribution in [3.8, 4) is 11.5 Å². The minimum Gasteiger partial charge on any atom is -0.487 e. The van der Waals surface area contributed by atoms with E-state index in [1.807, 2.05) is 18.7 Å². The SMILES string of the molecule is Cc1c(C)c2c(c(C)c1OC(=O)NCCN(CCO)CCO)CC[C@@](C)(CCC[C@H](C)CCC[C@H](C)CCCC(C)C)O2.